The molecule has 9 heteroatoms. The van der Waals surface area contributed by atoms with Crippen LogP contribution < -0.4 is 4.90 Å². The summed E-state index contributed by atoms with van der Waals surface area (Å²) in [6.45, 7) is 2.02. The maximum Gasteiger partial charge on any atom is 0.416 e. The topological polar surface area (TPSA) is 36.4 Å². The molecule has 1 aromatic heterocycles. The summed E-state index contributed by atoms with van der Waals surface area (Å²) in [7, 11) is 3.80. The van der Waals surface area contributed by atoms with Crippen LogP contribution in [0.25, 0.3) is 0 Å². The molecule has 4 nitrogen and oxygen atoms in total. The third-order valence-electron chi connectivity index (χ3n) is 4.76. The van der Waals surface area contributed by atoms with Crippen molar-refractivity contribution in [3.05, 3.63) is 45.4 Å². The Labute approximate surface area is 170 Å². The number of anilines is 1. The van der Waals surface area contributed by atoms with Crippen LogP contribution in [0.5, 0.6) is 0 Å². The van der Waals surface area contributed by atoms with Crippen LogP contribution in [0.4, 0.5) is 18.3 Å². The van der Waals surface area contributed by atoms with Crippen LogP contribution >= 0.6 is 22.9 Å². The average molecular weight is 432 g/mol. The van der Waals surface area contributed by atoms with Crippen LogP contribution in [0.2, 0.25) is 5.15 Å². The Hall–Kier alpha value is -1.64. The largest absolute Gasteiger partial charge is 0.416 e. The normalized spacial score (nSPS) is 18.3. The summed E-state index contributed by atoms with van der Waals surface area (Å²) in [6, 6.07) is 4.47. The summed E-state index contributed by atoms with van der Waals surface area (Å²) in [5, 5.41) is 1.30. The van der Waals surface area contributed by atoms with Gasteiger partial charge in [0.05, 0.1) is 10.4 Å². The summed E-state index contributed by atoms with van der Waals surface area (Å²) in [4.78, 5) is 22.1. The monoisotopic (exact) mass is 431 g/mol. The number of alkyl halides is 3. The fraction of sp³-hybridized carbons (Fsp3) is 0.474. The number of carbonyl (C=O) groups excluding carboxylic acids is 1. The van der Waals surface area contributed by atoms with Crippen molar-refractivity contribution in [3.8, 4) is 0 Å². The van der Waals surface area contributed by atoms with E-state index >= 15 is 0 Å². The fourth-order valence-electron chi connectivity index (χ4n) is 3.29. The lowest BCUT2D eigenvalue weighted by atomic mass is 9.89. The molecule has 2 heterocycles. The van der Waals surface area contributed by atoms with Gasteiger partial charge >= 0.3 is 6.18 Å². The lowest BCUT2D eigenvalue weighted by Crippen LogP contribution is -2.38. The second-order valence-corrected chi connectivity index (χ2v) is 8.54. The van der Waals surface area contributed by atoms with Crippen LogP contribution in [-0.4, -0.2) is 42.9 Å². The van der Waals surface area contributed by atoms with Crippen LogP contribution in [-0.2, 0) is 12.7 Å². The Morgan fingerprint density at radius 2 is 2.00 bits per heavy atom. The van der Waals surface area contributed by atoms with E-state index in [1.165, 1.54) is 23.5 Å². The highest BCUT2D eigenvalue weighted by atomic mass is 35.5. The maximum atomic E-state index is 12.8. The van der Waals surface area contributed by atoms with Crippen LogP contribution in [0.1, 0.15) is 33.6 Å². The maximum absolute atomic E-state index is 12.8. The number of piperidine rings is 1. The van der Waals surface area contributed by atoms with E-state index in [0.29, 0.717) is 23.8 Å². The summed E-state index contributed by atoms with van der Waals surface area (Å²) < 4.78 is 38.1. The molecule has 152 valence electrons. The standard InChI is InChI=1S/C19H21ClF3N3OS/c1-25(2)18-24-17(20)15(28-18)11-26-9-3-4-13(10-26)16(27)12-5-7-14(8-6-12)19(21,22)23/h5-8,13H,3-4,9-11H2,1-2H3/t13-/m1/s1. The van der Waals surface area contributed by atoms with Gasteiger partial charge in [-0.05, 0) is 31.5 Å². The van der Waals surface area contributed by atoms with Gasteiger partial charge < -0.3 is 4.90 Å². The Kier molecular flexibility index (Phi) is 6.31. The molecule has 0 unspecified atom stereocenters. The van der Waals surface area contributed by atoms with Crippen LogP contribution in [0, 0.1) is 5.92 Å². The van der Waals surface area contributed by atoms with Crippen molar-refractivity contribution in [3.63, 3.8) is 0 Å². The summed E-state index contributed by atoms with van der Waals surface area (Å²) in [5.41, 5.74) is -0.420. The molecule has 0 bridgehead atoms. The van der Waals surface area contributed by atoms with Gasteiger partial charge in [0.1, 0.15) is 5.15 Å². The molecule has 0 N–H and O–H groups in total. The van der Waals surface area contributed by atoms with Gasteiger partial charge in [0, 0.05) is 38.7 Å². The second kappa shape index (κ2) is 8.39. The first kappa shape index (κ1) is 21.1. The first-order chi connectivity index (χ1) is 13.1. The Morgan fingerprint density at radius 3 is 2.57 bits per heavy atom. The smallest absolute Gasteiger partial charge is 0.354 e. The molecule has 1 fully saturated rings. The van der Waals surface area contributed by atoms with Crippen molar-refractivity contribution in [2.45, 2.75) is 25.6 Å². The minimum absolute atomic E-state index is 0.109. The van der Waals surface area contributed by atoms with E-state index in [2.05, 4.69) is 9.88 Å². The lowest BCUT2D eigenvalue weighted by Gasteiger charge is -2.31. The molecule has 0 amide bonds. The lowest BCUT2D eigenvalue weighted by molar-refractivity contribution is -0.137. The molecule has 0 saturated carbocycles. The number of hydrogen-bond acceptors (Lipinski definition) is 5. The van der Waals surface area contributed by atoms with E-state index in [1.807, 2.05) is 19.0 Å². The molecule has 3 rings (SSSR count). The minimum atomic E-state index is -4.40. The zero-order valence-corrected chi connectivity index (χ0v) is 17.2. The van der Waals surface area contributed by atoms with E-state index in [1.54, 1.807) is 0 Å². The summed E-state index contributed by atoms with van der Waals surface area (Å²) >= 11 is 7.76. The molecule has 28 heavy (non-hydrogen) atoms. The molecular formula is C19H21ClF3N3OS. The Balaban J connectivity index is 1.66. The zero-order chi connectivity index (χ0) is 20.5. The average Bonchev–Trinajstić information content (AvgIpc) is 3.01. The fourth-order valence-corrected chi connectivity index (χ4v) is 4.51. The summed E-state index contributed by atoms with van der Waals surface area (Å²) in [6.07, 6.45) is -2.81. The number of nitrogens with zero attached hydrogens (tertiary/aromatic N) is 3. The zero-order valence-electron chi connectivity index (χ0n) is 15.6. The predicted octanol–water partition coefficient (Wildman–Crippen LogP) is 4.98. The number of hydrogen-bond donors (Lipinski definition) is 0. The molecular weight excluding hydrogens is 411 g/mol. The number of thiazole rings is 1. The van der Waals surface area contributed by atoms with Crippen molar-refractivity contribution in [2.75, 3.05) is 32.1 Å². The molecule has 2 aromatic rings. The van der Waals surface area contributed by atoms with Crippen LogP contribution in [0.15, 0.2) is 24.3 Å². The SMILES string of the molecule is CN(C)c1nc(Cl)c(CN2CCC[C@@H](C(=O)c3ccc(C(F)(F)F)cc3)C2)s1. The van der Waals surface area contributed by atoms with Crippen molar-refractivity contribution >= 4 is 33.9 Å². The number of rotatable bonds is 5. The highest BCUT2D eigenvalue weighted by Crippen LogP contribution is 2.32. The van der Waals surface area contributed by atoms with Crippen molar-refractivity contribution in [1.82, 2.24) is 9.88 Å². The van der Waals surface area contributed by atoms with Gasteiger partial charge in [-0.3, -0.25) is 9.69 Å². The highest BCUT2D eigenvalue weighted by molar-refractivity contribution is 7.16. The number of likely N-dealkylation sites (tertiary alicyclic amines) is 1. The molecule has 0 aliphatic carbocycles. The van der Waals surface area contributed by atoms with Gasteiger partial charge in [0.2, 0.25) is 0 Å². The number of Topliss-reactive ketones (excluding diaryl/α,β-unsaturated/α-hetero) is 1. The highest BCUT2D eigenvalue weighted by Gasteiger charge is 2.31. The molecule has 0 spiro atoms. The van der Waals surface area contributed by atoms with Gasteiger partial charge in [-0.1, -0.05) is 35.1 Å². The first-order valence-corrected chi connectivity index (χ1v) is 10.1. The van der Waals surface area contributed by atoms with Gasteiger partial charge in [-0.25, -0.2) is 4.98 Å². The number of benzene rings is 1. The minimum Gasteiger partial charge on any atom is -0.354 e. The van der Waals surface area contributed by atoms with E-state index in [0.717, 1.165) is 41.5 Å². The van der Waals surface area contributed by atoms with Gasteiger partial charge in [-0.2, -0.15) is 13.2 Å². The van der Waals surface area contributed by atoms with Crippen molar-refractivity contribution in [1.29, 1.82) is 0 Å². The Morgan fingerprint density at radius 1 is 1.32 bits per heavy atom. The van der Waals surface area contributed by atoms with Gasteiger partial charge in [-0.15, -0.1) is 0 Å². The van der Waals surface area contributed by atoms with Gasteiger partial charge in [0.25, 0.3) is 0 Å². The van der Waals surface area contributed by atoms with Crippen LogP contribution in [0.3, 0.4) is 0 Å². The summed E-state index contributed by atoms with van der Waals surface area (Å²) in [5.74, 6) is -0.340. The number of carbonyl (C=O) groups is 1. The van der Waals surface area contributed by atoms with Gasteiger partial charge in [0.15, 0.2) is 10.9 Å². The molecule has 1 aliphatic heterocycles. The van der Waals surface area contributed by atoms with Crippen molar-refractivity contribution in [2.24, 2.45) is 5.92 Å². The predicted molar refractivity (Wildman–Crippen MR) is 105 cm³/mol. The molecule has 1 aliphatic rings. The number of halogens is 4. The molecule has 1 aromatic carbocycles. The van der Waals surface area contributed by atoms with E-state index < -0.39 is 11.7 Å². The third-order valence-corrected chi connectivity index (χ3v) is 6.39. The molecule has 0 radical (unpaired) electrons. The Bertz CT molecular complexity index is 836. The second-order valence-electron chi connectivity index (χ2n) is 7.12. The quantitative estimate of drug-likeness (QED) is 0.626. The van der Waals surface area contributed by atoms with E-state index in [4.69, 9.17) is 11.6 Å². The molecule has 1 atom stereocenters. The third kappa shape index (κ3) is 4.85. The van der Waals surface area contributed by atoms with E-state index in [-0.39, 0.29) is 11.7 Å². The molecule has 1 saturated heterocycles. The number of ketones is 1. The first-order valence-electron chi connectivity index (χ1n) is 8.91. The van der Waals surface area contributed by atoms with E-state index in [9.17, 15) is 18.0 Å². The van der Waals surface area contributed by atoms with Crippen molar-refractivity contribution < 1.29 is 18.0 Å². The number of aromatic nitrogens is 1.